The van der Waals surface area contributed by atoms with E-state index in [0.29, 0.717) is 5.75 Å². The Hall–Kier alpha value is -1.83. The molecule has 0 aromatic heterocycles. The highest BCUT2D eigenvalue weighted by Crippen LogP contribution is 2.16. The molecule has 2 aromatic carbocycles. The van der Waals surface area contributed by atoms with Gasteiger partial charge < -0.3 is 4.74 Å². The molecule has 0 heterocycles. The summed E-state index contributed by atoms with van der Waals surface area (Å²) in [6.07, 6.45) is 1.89. The number of carbonyl (C=O) groups is 1. The molecule has 0 fully saturated rings. The van der Waals surface area contributed by atoms with Crippen molar-refractivity contribution in [3.05, 3.63) is 65.7 Å². The molecule has 2 aromatic rings. The number of rotatable bonds is 10. The molecule has 7 heteroatoms. The first kappa shape index (κ1) is 21.5. The van der Waals surface area contributed by atoms with Crippen LogP contribution in [0.5, 0.6) is 0 Å². The van der Waals surface area contributed by atoms with E-state index in [2.05, 4.69) is 11.6 Å². The molecule has 0 saturated heterocycles. The van der Waals surface area contributed by atoms with Gasteiger partial charge in [0, 0.05) is 11.5 Å². The van der Waals surface area contributed by atoms with Gasteiger partial charge in [-0.25, -0.2) is 8.42 Å². The average Bonchev–Trinajstić information content (AvgIpc) is 2.68. The first-order valence-corrected chi connectivity index (χ1v) is 11.4. The van der Waals surface area contributed by atoms with Crippen molar-refractivity contribution in [1.29, 1.82) is 0 Å². The van der Waals surface area contributed by atoms with Gasteiger partial charge in [0.25, 0.3) is 0 Å². The lowest BCUT2D eigenvalue weighted by atomic mass is 10.1. The van der Waals surface area contributed by atoms with Crippen LogP contribution in [0.15, 0.2) is 59.5 Å². The predicted molar refractivity (Wildman–Crippen MR) is 109 cm³/mol. The number of sulfonamides is 1. The van der Waals surface area contributed by atoms with Gasteiger partial charge in [-0.05, 0) is 29.7 Å². The average molecular weight is 408 g/mol. The van der Waals surface area contributed by atoms with E-state index in [1.165, 1.54) is 18.9 Å². The van der Waals surface area contributed by atoms with Crippen molar-refractivity contribution in [2.24, 2.45) is 0 Å². The van der Waals surface area contributed by atoms with Crippen LogP contribution >= 0.6 is 11.8 Å². The lowest BCUT2D eigenvalue weighted by Crippen LogP contribution is -2.43. The quantitative estimate of drug-likeness (QED) is 0.611. The second-order valence-corrected chi connectivity index (χ2v) is 8.84. The summed E-state index contributed by atoms with van der Waals surface area (Å²) in [4.78, 5) is 12.2. The van der Waals surface area contributed by atoms with Gasteiger partial charge in [0.15, 0.2) is 0 Å². The van der Waals surface area contributed by atoms with E-state index in [-0.39, 0.29) is 10.6 Å². The first-order valence-electron chi connectivity index (χ1n) is 8.77. The van der Waals surface area contributed by atoms with E-state index in [0.717, 1.165) is 24.0 Å². The summed E-state index contributed by atoms with van der Waals surface area (Å²) in [6, 6.07) is 15.6. The molecule has 0 radical (unpaired) electrons. The maximum absolute atomic E-state index is 12.6. The third-order valence-corrected chi connectivity index (χ3v) is 6.55. The Bertz CT molecular complexity index is 821. The van der Waals surface area contributed by atoms with Crippen LogP contribution in [0, 0.1) is 0 Å². The number of thioether (sulfide) groups is 1. The molecule has 1 atom stereocenters. The molecule has 27 heavy (non-hydrogen) atoms. The molecule has 1 N–H and O–H groups in total. The van der Waals surface area contributed by atoms with Gasteiger partial charge in [-0.2, -0.15) is 16.5 Å². The Labute approximate surface area is 165 Å². The van der Waals surface area contributed by atoms with Crippen molar-refractivity contribution in [3.8, 4) is 0 Å². The molecule has 0 aliphatic rings. The fourth-order valence-electron chi connectivity index (χ4n) is 2.54. The van der Waals surface area contributed by atoms with Crippen LogP contribution in [-0.2, 0) is 31.7 Å². The monoisotopic (exact) mass is 407 g/mol. The molecule has 2 rings (SSSR count). The Balaban J connectivity index is 2.03. The summed E-state index contributed by atoms with van der Waals surface area (Å²) in [7, 11) is -2.55. The van der Waals surface area contributed by atoms with Crippen LogP contribution in [0.4, 0.5) is 0 Å². The highest BCUT2D eigenvalue weighted by Gasteiger charge is 2.26. The highest BCUT2D eigenvalue weighted by molar-refractivity contribution is 7.98. The minimum Gasteiger partial charge on any atom is -0.468 e. The van der Waals surface area contributed by atoms with Crippen LogP contribution in [0.1, 0.15) is 24.5 Å². The lowest BCUT2D eigenvalue weighted by molar-refractivity contribution is -0.141. The second-order valence-electron chi connectivity index (χ2n) is 6.09. The zero-order valence-electron chi connectivity index (χ0n) is 15.6. The predicted octanol–water partition coefficient (Wildman–Crippen LogP) is 3.39. The largest absolute Gasteiger partial charge is 0.468 e. The Morgan fingerprint density at radius 2 is 1.74 bits per heavy atom. The number of carbonyl (C=O) groups excluding carboxylic acids is 1. The van der Waals surface area contributed by atoms with Crippen LogP contribution in [0.3, 0.4) is 0 Å². The number of benzene rings is 2. The summed E-state index contributed by atoms with van der Waals surface area (Å²) in [5.74, 6) is 0.373. The number of aryl methyl sites for hydroxylation is 1. The SMILES string of the molecule is CCCc1ccc(S(=O)(=O)NC(CSCc2ccccc2)C(=O)OC)cc1. The standard InChI is InChI=1S/C20H25NO4S2/c1-3-7-16-10-12-18(13-11-16)27(23,24)21-19(20(22)25-2)15-26-14-17-8-5-4-6-9-17/h4-6,8-13,19,21H,3,7,14-15H2,1-2H3. The number of hydrogen-bond donors (Lipinski definition) is 1. The van der Waals surface area contributed by atoms with Crippen molar-refractivity contribution in [3.63, 3.8) is 0 Å². The Morgan fingerprint density at radius 1 is 1.07 bits per heavy atom. The molecule has 5 nitrogen and oxygen atoms in total. The van der Waals surface area contributed by atoms with Crippen LogP contribution in [0.2, 0.25) is 0 Å². The minimum absolute atomic E-state index is 0.143. The molecular formula is C20H25NO4S2. The van der Waals surface area contributed by atoms with Crippen LogP contribution < -0.4 is 4.72 Å². The van der Waals surface area contributed by atoms with Crippen LogP contribution in [0.25, 0.3) is 0 Å². The van der Waals surface area contributed by atoms with Gasteiger partial charge >= 0.3 is 5.97 Å². The van der Waals surface area contributed by atoms with Crippen molar-refractivity contribution in [2.45, 2.75) is 36.5 Å². The Kier molecular flexibility index (Phi) is 8.34. The molecule has 0 bridgehead atoms. The fraction of sp³-hybridized carbons (Fsp3) is 0.350. The molecule has 1 unspecified atom stereocenters. The van der Waals surface area contributed by atoms with Gasteiger partial charge in [-0.1, -0.05) is 55.8 Å². The van der Waals surface area contributed by atoms with E-state index in [4.69, 9.17) is 4.74 Å². The van der Waals surface area contributed by atoms with E-state index < -0.39 is 22.0 Å². The van der Waals surface area contributed by atoms with Crippen molar-refractivity contribution in [1.82, 2.24) is 4.72 Å². The third-order valence-electron chi connectivity index (χ3n) is 3.95. The summed E-state index contributed by atoms with van der Waals surface area (Å²) >= 11 is 1.48. The summed E-state index contributed by atoms with van der Waals surface area (Å²) in [5.41, 5.74) is 2.19. The van der Waals surface area contributed by atoms with Crippen molar-refractivity contribution < 1.29 is 17.9 Å². The van der Waals surface area contributed by atoms with E-state index >= 15 is 0 Å². The fourth-order valence-corrected chi connectivity index (χ4v) is 4.83. The highest BCUT2D eigenvalue weighted by atomic mass is 32.2. The normalized spacial score (nSPS) is 12.5. The zero-order chi connectivity index (χ0) is 19.7. The van der Waals surface area contributed by atoms with E-state index in [1.54, 1.807) is 24.3 Å². The molecule has 0 spiro atoms. The number of hydrogen-bond acceptors (Lipinski definition) is 5. The van der Waals surface area contributed by atoms with Gasteiger partial charge in [0.2, 0.25) is 10.0 Å². The van der Waals surface area contributed by atoms with Crippen LogP contribution in [-0.4, -0.2) is 33.3 Å². The molecule has 0 aliphatic heterocycles. The number of methoxy groups -OCH3 is 1. The zero-order valence-corrected chi connectivity index (χ0v) is 17.2. The Morgan fingerprint density at radius 3 is 2.33 bits per heavy atom. The first-order chi connectivity index (χ1) is 13.0. The molecule has 0 amide bonds. The molecule has 146 valence electrons. The van der Waals surface area contributed by atoms with Gasteiger partial charge in [-0.3, -0.25) is 4.79 Å². The summed E-state index contributed by atoms with van der Waals surface area (Å²) < 4.78 is 32.5. The van der Waals surface area contributed by atoms with Gasteiger partial charge in [0.1, 0.15) is 6.04 Å². The second kappa shape index (κ2) is 10.5. The van der Waals surface area contributed by atoms with Gasteiger partial charge in [-0.15, -0.1) is 0 Å². The maximum Gasteiger partial charge on any atom is 0.324 e. The van der Waals surface area contributed by atoms with E-state index in [9.17, 15) is 13.2 Å². The van der Waals surface area contributed by atoms with Gasteiger partial charge in [0.05, 0.1) is 12.0 Å². The number of nitrogens with one attached hydrogen (secondary N) is 1. The molecule has 0 aliphatic carbocycles. The number of ether oxygens (including phenoxy) is 1. The minimum atomic E-state index is -3.81. The topological polar surface area (TPSA) is 72.5 Å². The number of esters is 1. The molecular weight excluding hydrogens is 382 g/mol. The molecule has 0 saturated carbocycles. The van der Waals surface area contributed by atoms with E-state index in [1.807, 2.05) is 30.3 Å². The third kappa shape index (κ3) is 6.68. The van der Waals surface area contributed by atoms with Crippen molar-refractivity contribution in [2.75, 3.05) is 12.9 Å². The van der Waals surface area contributed by atoms with Crippen molar-refractivity contribution >= 4 is 27.8 Å². The maximum atomic E-state index is 12.6. The summed E-state index contributed by atoms with van der Waals surface area (Å²) in [5, 5.41) is 0. The summed E-state index contributed by atoms with van der Waals surface area (Å²) in [6.45, 7) is 2.07. The lowest BCUT2D eigenvalue weighted by Gasteiger charge is -2.16. The smallest absolute Gasteiger partial charge is 0.324 e.